The predicted molar refractivity (Wildman–Crippen MR) is 67.7 cm³/mol. The summed E-state index contributed by atoms with van der Waals surface area (Å²) in [6.45, 7) is 1.83. The Hall–Kier alpha value is -2.01. The first kappa shape index (κ1) is 11.1. The van der Waals surface area contributed by atoms with E-state index in [1.54, 1.807) is 17.4 Å². The van der Waals surface area contributed by atoms with Gasteiger partial charge in [-0.25, -0.2) is 4.39 Å². The van der Waals surface area contributed by atoms with Gasteiger partial charge in [0.25, 0.3) is 5.89 Å². The SMILES string of the molecule is Cc1ccc(-c2noc(-c3ccsc3)n2)c(F)c1. The van der Waals surface area contributed by atoms with Crippen LogP contribution in [0, 0.1) is 12.7 Å². The van der Waals surface area contributed by atoms with Crippen LogP contribution in [0.25, 0.3) is 22.8 Å². The first-order valence-corrected chi connectivity index (χ1v) is 6.31. The maximum absolute atomic E-state index is 13.8. The fourth-order valence-corrected chi connectivity index (χ4v) is 2.27. The first-order chi connectivity index (χ1) is 8.74. The van der Waals surface area contributed by atoms with E-state index in [1.165, 1.54) is 6.07 Å². The van der Waals surface area contributed by atoms with Crippen molar-refractivity contribution in [3.8, 4) is 22.8 Å². The van der Waals surface area contributed by atoms with E-state index in [9.17, 15) is 4.39 Å². The lowest BCUT2D eigenvalue weighted by molar-refractivity contribution is 0.432. The Morgan fingerprint density at radius 3 is 2.89 bits per heavy atom. The van der Waals surface area contributed by atoms with Crippen LogP contribution < -0.4 is 0 Å². The zero-order valence-electron chi connectivity index (χ0n) is 9.55. The molecule has 2 heterocycles. The van der Waals surface area contributed by atoms with Crippen molar-refractivity contribution < 1.29 is 8.91 Å². The van der Waals surface area contributed by atoms with Crippen LogP contribution in [0.15, 0.2) is 39.5 Å². The molecule has 0 saturated heterocycles. The molecule has 0 radical (unpaired) electrons. The van der Waals surface area contributed by atoms with Gasteiger partial charge < -0.3 is 4.52 Å². The van der Waals surface area contributed by atoms with Crippen LogP contribution in [0.5, 0.6) is 0 Å². The van der Waals surface area contributed by atoms with E-state index in [1.807, 2.05) is 29.8 Å². The molecule has 0 bridgehead atoms. The normalized spacial score (nSPS) is 10.8. The maximum atomic E-state index is 13.8. The summed E-state index contributed by atoms with van der Waals surface area (Å²) in [6.07, 6.45) is 0. The summed E-state index contributed by atoms with van der Waals surface area (Å²) in [7, 11) is 0. The molecule has 0 fully saturated rings. The van der Waals surface area contributed by atoms with E-state index in [0.717, 1.165) is 11.1 Å². The van der Waals surface area contributed by atoms with E-state index in [-0.39, 0.29) is 11.6 Å². The summed E-state index contributed by atoms with van der Waals surface area (Å²) in [5, 5.41) is 7.64. The topological polar surface area (TPSA) is 38.9 Å². The number of nitrogens with zero attached hydrogens (tertiary/aromatic N) is 2. The fraction of sp³-hybridized carbons (Fsp3) is 0.0769. The van der Waals surface area contributed by atoms with Gasteiger partial charge in [-0.2, -0.15) is 16.3 Å². The predicted octanol–water partition coefficient (Wildman–Crippen LogP) is 3.91. The van der Waals surface area contributed by atoms with Gasteiger partial charge >= 0.3 is 0 Å². The average Bonchev–Trinajstić information content (AvgIpc) is 2.99. The summed E-state index contributed by atoms with van der Waals surface area (Å²) >= 11 is 1.54. The minimum atomic E-state index is -0.340. The van der Waals surface area contributed by atoms with E-state index >= 15 is 0 Å². The number of aryl methyl sites for hydroxylation is 1. The third kappa shape index (κ3) is 1.93. The Labute approximate surface area is 107 Å². The monoisotopic (exact) mass is 260 g/mol. The summed E-state index contributed by atoms with van der Waals surface area (Å²) < 4.78 is 18.9. The van der Waals surface area contributed by atoms with Crippen molar-refractivity contribution in [2.24, 2.45) is 0 Å². The molecule has 0 N–H and O–H groups in total. The van der Waals surface area contributed by atoms with Crippen LogP contribution in [0.3, 0.4) is 0 Å². The van der Waals surface area contributed by atoms with Gasteiger partial charge in [0.1, 0.15) is 5.82 Å². The third-order valence-corrected chi connectivity index (χ3v) is 3.24. The van der Waals surface area contributed by atoms with Crippen LogP contribution >= 0.6 is 11.3 Å². The van der Waals surface area contributed by atoms with Gasteiger partial charge in [0.15, 0.2) is 0 Å². The van der Waals surface area contributed by atoms with Crippen LogP contribution in [-0.4, -0.2) is 10.1 Å². The first-order valence-electron chi connectivity index (χ1n) is 5.37. The van der Waals surface area contributed by atoms with E-state index in [0.29, 0.717) is 11.5 Å². The Bertz CT molecular complexity index is 676. The Morgan fingerprint density at radius 2 is 2.17 bits per heavy atom. The van der Waals surface area contributed by atoms with Crippen LogP contribution in [0.1, 0.15) is 5.56 Å². The smallest absolute Gasteiger partial charge is 0.259 e. The molecule has 0 spiro atoms. The quantitative estimate of drug-likeness (QED) is 0.701. The van der Waals surface area contributed by atoms with Gasteiger partial charge in [-0.1, -0.05) is 11.2 Å². The number of hydrogen-bond donors (Lipinski definition) is 0. The summed E-state index contributed by atoms with van der Waals surface area (Å²) in [4.78, 5) is 4.20. The Kier molecular flexibility index (Phi) is 2.68. The van der Waals surface area contributed by atoms with Gasteiger partial charge in [0, 0.05) is 5.38 Å². The second-order valence-corrected chi connectivity index (χ2v) is 4.70. The molecule has 0 aliphatic carbocycles. The molecule has 1 aromatic carbocycles. The fourth-order valence-electron chi connectivity index (χ4n) is 1.64. The summed E-state index contributed by atoms with van der Waals surface area (Å²) in [5.41, 5.74) is 2.06. The van der Waals surface area contributed by atoms with Crippen molar-refractivity contribution in [2.45, 2.75) is 6.92 Å². The molecule has 0 atom stereocenters. The highest BCUT2D eigenvalue weighted by molar-refractivity contribution is 7.08. The molecule has 0 amide bonds. The number of halogens is 1. The van der Waals surface area contributed by atoms with Crippen molar-refractivity contribution in [1.29, 1.82) is 0 Å². The van der Waals surface area contributed by atoms with E-state index in [4.69, 9.17) is 4.52 Å². The number of hydrogen-bond acceptors (Lipinski definition) is 4. The van der Waals surface area contributed by atoms with Crippen LogP contribution in [0.4, 0.5) is 4.39 Å². The number of thiophene rings is 1. The van der Waals surface area contributed by atoms with Crippen LogP contribution in [-0.2, 0) is 0 Å². The van der Waals surface area contributed by atoms with Gasteiger partial charge in [-0.15, -0.1) is 0 Å². The standard InChI is InChI=1S/C13H9FN2OS/c1-8-2-3-10(11(14)6-8)12-15-13(17-16-12)9-4-5-18-7-9/h2-7H,1H3. The lowest BCUT2D eigenvalue weighted by atomic mass is 10.1. The Morgan fingerprint density at radius 1 is 1.28 bits per heavy atom. The molecule has 0 unspecified atom stereocenters. The van der Waals surface area contributed by atoms with E-state index < -0.39 is 0 Å². The molecule has 90 valence electrons. The third-order valence-electron chi connectivity index (χ3n) is 2.56. The van der Waals surface area contributed by atoms with Crippen molar-refractivity contribution in [2.75, 3.05) is 0 Å². The molecule has 0 saturated carbocycles. The molecule has 0 aliphatic heterocycles. The molecule has 3 aromatic rings. The van der Waals surface area contributed by atoms with Crippen molar-refractivity contribution in [3.63, 3.8) is 0 Å². The maximum Gasteiger partial charge on any atom is 0.259 e. The van der Waals surface area contributed by atoms with Gasteiger partial charge in [0.2, 0.25) is 5.82 Å². The van der Waals surface area contributed by atoms with Gasteiger partial charge in [0.05, 0.1) is 11.1 Å². The lowest BCUT2D eigenvalue weighted by Gasteiger charge is -1.98. The number of benzene rings is 1. The molecule has 3 nitrogen and oxygen atoms in total. The molecular weight excluding hydrogens is 251 g/mol. The van der Waals surface area contributed by atoms with Crippen molar-refractivity contribution in [1.82, 2.24) is 10.1 Å². The Balaban J connectivity index is 2.03. The van der Waals surface area contributed by atoms with E-state index in [2.05, 4.69) is 10.1 Å². The van der Waals surface area contributed by atoms with Crippen molar-refractivity contribution in [3.05, 3.63) is 46.4 Å². The highest BCUT2D eigenvalue weighted by Crippen LogP contribution is 2.25. The molecule has 18 heavy (non-hydrogen) atoms. The highest BCUT2D eigenvalue weighted by Gasteiger charge is 2.14. The molecule has 0 aliphatic rings. The highest BCUT2D eigenvalue weighted by atomic mass is 32.1. The second-order valence-electron chi connectivity index (χ2n) is 3.92. The molecule has 3 rings (SSSR count). The minimum Gasteiger partial charge on any atom is -0.334 e. The zero-order valence-corrected chi connectivity index (χ0v) is 10.4. The lowest BCUT2D eigenvalue weighted by Crippen LogP contribution is -1.87. The summed E-state index contributed by atoms with van der Waals surface area (Å²) in [6, 6.07) is 6.81. The van der Waals surface area contributed by atoms with Gasteiger partial charge in [-0.3, -0.25) is 0 Å². The second kappa shape index (κ2) is 4.34. The zero-order chi connectivity index (χ0) is 12.5. The minimum absolute atomic E-state index is 0.272. The van der Waals surface area contributed by atoms with Crippen molar-refractivity contribution >= 4 is 11.3 Å². The molecule has 5 heteroatoms. The van der Waals surface area contributed by atoms with Gasteiger partial charge in [-0.05, 0) is 36.1 Å². The number of rotatable bonds is 2. The molecule has 2 aromatic heterocycles. The molecular formula is C13H9FN2OS. The largest absolute Gasteiger partial charge is 0.334 e. The number of aromatic nitrogens is 2. The van der Waals surface area contributed by atoms with Crippen LogP contribution in [0.2, 0.25) is 0 Å². The average molecular weight is 260 g/mol. The summed E-state index contributed by atoms with van der Waals surface area (Å²) in [5.74, 6) is 0.340.